The van der Waals surface area contributed by atoms with Gasteiger partial charge < -0.3 is 10.4 Å². The smallest absolute Gasteiger partial charge is 0.336 e. The number of benzene rings is 2. The Hall–Kier alpha value is -1.94. The third-order valence-corrected chi connectivity index (χ3v) is 3.95. The molecule has 0 atom stereocenters. The van der Waals surface area contributed by atoms with Crippen molar-refractivity contribution in [1.29, 1.82) is 0 Å². The van der Waals surface area contributed by atoms with Crippen LogP contribution < -0.4 is 5.32 Å². The molecule has 0 aromatic heterocycles. The number of carboxylic acid groups (broad SMARTS) is 1. The number of aromatic carboxylic acids is 1. The van der Waals surface area contributed by atoms with Crippen LogP contribution in [0.3, 0.4) is 0 Å². The first-order chi connectivity index (χ1) is 9.61. The van der Waals surface area contributed by atoms with E-state index in [1.165, 1.54) is 10.5 Å². The molecule has 0 heterocycles. The standard InChI is InChI=1S/C16H17NO2S/c1-11-14(16(18)19)4-3-5-15(11)17-10-12-6-8-13(20-2)9-7-12/h3-9,17H,10H2,1-2H3,(H,18,19). The van der Waals surface area contributed by atoms with Gasteiger partial charge in [-0.05, 0) is 48.6 Å². The summed E-state index contributed by atoms with van der Waals surface area (Å²) < 4.78 is 0. The molecule has 2 rings (SSSR count). The summed E-state index contributed by atoms with van der Waals surface area (Å²) >= 11 is 1.71. The van der Waals surface area contributed by atoms with Crippen LogP contribution in [0.4, 0.5) is 5.69 Å². The lowest BCUT2D eigenvalue weighted by Crippen LogP contribution is -2.05. The van der Waals surface area contributed by atoms with Crippen LogP contribution in [0.5, 0.6) is 0 Å². The number of carboxylic acids is 1. The molecule has 0 saturated heterocycles. The Morgan fingerprint density at radius 2 is 1.90 bits per heavy atom. The molecule has 0 unspecified atom stereocenters. The van der Waals surface area contributed by atoms with Crippen LogP contribution in [0.15, 0.2) is 47.4 Å². The summed E-state index contributed by atoms with van der Waals surface area (Å²) in [5.74, 6) is -0.893. The Balaban J connectivity index is 2.10. The van der Waals surface area contributed by atoms with E-state index in [2.05, 4.69) is 29.6 Å². The average molecular weight is 287 g/mol. The van der Waals surface area contributed by atoms with E-state index >= 15 is 0 Å². The van der Waals surface area contributed by atoms with Gasteiger partial charge in [-0.1, -0.05) is 18.2 Å². The van der Waals surface area contributed by atoms with Crippen molar-refractivity contribution in [1.82, 2.24) is 0 Å². The monoisotopic (exact) mass is 287 g/mol. The minimum absolute atomic E-state index is 0.340. The van der Waals surface area contributed by atoms with Crippen LogP contribution in [0.25, 0.3) is 0 Å². The van der Waals surface area contributed by atoms with Gasteiger partial charge in [-0.2, -0.15) is 0 Å². The highest BCUT2D eigenvalue weighted by atomic mass is 32.2. The molecule has 0 aliphatic rings. The summed E-state index contributed by atoms with van der Waals surface area (Å²) in [5.41, 5.74) is 3.13. The topological polar surface area (TPSA) is 49.3 Å². The predicted molar refractivity (Wildman–Crippen MR) is 83.7 cm³/mol. The zero-order chi connectivity index (χ0) is 14.5. The van der Waals surface area contributed by atoms with Gasteiger partial charge in [0.05, 0.1) is 5.56 Å². The van der Waals surface area contributed by atoms with Crippen LogP contribution in [0, 0.1) is 6.92 Å². The van der Waals surface area contributed by atoms with E-state index < -0.39 is 5.97 Å². The highest BCUT2D eigenvalue weighted by molar-refractivity contribution is 7.98. The summed E-state index contributed by atoms with van der Waals surface area (Å²) in [6.07, 6.45) is 2.05. The highest BCUT2D eigenvalue weighted by Gasteiger charge is 2.09. The lowest BCUT2D eigenvalue weighted by Gasteiger charge is -2.11. The maximum atomic E-state index is 11.1. The van der Waals surface area contributed by atoms with Gasteiger partial charge in [-0.25, -0.2) is 4.79 Å². The summed E-state index contributed by atoms with van der Waals surface area (Å²) in [5, 5.41) is 12.4. The first-order valence-corrected chi connectivity index (χ1v) is 7.54. The molecule has 2 N–H and O–H groups in total. The fourth-order valence-corrected chi connectivity index (χ4v) is 2.41. The Labute approximate surface area is 123 Å². The van der Waals surface area contributed by atoms with Crippen LogP contribution >= 0.6 is 11.8 Å². The second-order valence-electron chi connectivity index (χ2n) is 4.48. The molecule has 2 aromatic carbocycles. The van der Waals surface area contributed by atoms with Gasteiger partial charge in [-0.3, -0.25) is 0 Å². The largest absolute Gasteiger partial charge is 0.478 e. The fraction of sp³-hybridized carbons (Fsp3) is 0.188. The Morgan fingerprint density at radius 1 is 1.20 bits per heavy atom. The first kappa shape index (κ1) is 14.5. The molecule has 0 fully saturated rings. The van der Waals surface area contributed by atoms with Crippen molar-refractivity contribution in [2.24, 2.45) is 0 Å². The second kappa shape index (κ2) is 6.48. The third-order valence-electron chi connectivity index (χ3n) is 3.21. The maximum Gasteiger partial charge on any atom is 0.336 e. The molecular formula is C16H17NO2S. The lowest BCUT2D eigenvalue weighted by molar-refractivity contribution is 0.0696. The minimum Gasteiger partial charge on any atom is -0.478 e. The number of rotatable bonds is 5. The van der Waals surface area contributed by atoms with Crippen LogP contribution in [0.1, 0.15) is 21.5 Å². The van der Waals surface area contributed by atoms with E-state index in [9.17, 15) is 4.79 Å². The number of hydrogen-bond donors (Lipinski definition) is 2. The van der Waals surface area contributed by atoms with Gasteiger partial charge in [0.15, 0.2) is 0 Å². The van der Waals surface area contributed by atoms with Crippen molar-refractivity contribution >= 4 is 23.4 Å². The molecule has 0 amide bonds. The van der Waals surface area contributed by atoms with Gasteiger partial charge in [0.2, 0.25) is 0 Å². The Kier molecular flexibility index (Phi) is 4.69. The number of thioether (sulfide) groups is 1. The van der Waals surface area contributed by atoms with Crippen LogP contribution in [-0.4, -0.2) is 17.3 Å². The van der Waals surface area contributed by atoms with Crippen molar-refractivity contribution in [3.8, 4) is 0 Å². The van der Waals surface area contributed by atoms with E-state index in [4.69, 9.17) is 5.11 Å². The predicted octanol–water partition coefficient (Wildman–Crippen LogP) is 4.03. The highest BCUT2D eigenvalue weighted by Crippen LogP contribution is 2.20. The zero-order valence-electron chi connectivity index (χ0n) is 11.5. The quantitative estimate of drug-likeness (QED) is 0.815. The zero-order valence-corrected chi connectivity index (χ0v) is 12.3. The van der Waals surface area contributed by atoms with E-state index in [1.54, 1.807) is 23.9 Å². The summed E-state index contributed by atoms with van der Waals surface area (Å²) in [6, 6.07) is 13.6. The first-order valence-electron chi connectivity index (χ1n) is 6.31. The molecule has 0 radical (unpaired) electrons. The van der Waals surface area contributed by atoms with E-state index in [0.717, 1.165) is 11.3 Å². The normalized spacial score (nSPS) is 10.3. The number of carbonyl (C=O) groups is 1. The minimum atomic E-state index is -0.893. The molecule has 0 saturated carbocycles. The van der Waals surface area contributed by atoms with Crippen molar-refractivity contribution in [2.75, 3.05) is 11.6 Å². The molecule has 2 aromatic rings. The fourth-order valence-electron chi connectivity index (χ4n) is 2.00. The van der Waals surface area contributed by atoms with E-state index in [1.807, 2.05) is 19.2 Å². The summed E-state index contributed by atoms with van der Waals surface area (Å²) in [4.78, 5) is 12.3. The maximum absolute atomic E-state index is 11.1. The van der Waals surface area contributed by atoms with Gasteiger partial charge in [0.1, 0.15) is 0 Å². The lowest BCUT2D eigenvalue weighted by atomic mass is 10.1. The molecule has 0 spiro atoms. The average Bonchev–Trinajstić information content (AvgIpc) is 2.46. The van der Waals surface area contributed by atoms with Crippen molar-refractivity contribution < 1.29 is 9.90 Å². The molecule has 20 heavy (non-hydrogen) atoms. The van der Waals surface area contributed by atoms with Crippen LogP contribution in [0.2, 0.25) is 0 Å². The van der Waals surface area contributed by atoms with Gasteiger partial charge in [-0.15, -0.1) is 11.8 Å². The third kappa shape index (κ3) is 3.33. The molecule has 0 aliphatic heterocycles. The Morgan fingerprint density at radius 3 is 2.50 bits per heavy atom. The number of anilines is 1. The van der Waals surface area contributed by atoms with Gasteiger partial charge in [0.25, 0.3) is 0 Å². The Bertz CT molecular complexity index is 608. The number of hydrogen-bond acceptors (Lipinski definition) is 3. The van der Waals surface area contributed by atoms with Gasteiger partial charge in [0, 0.05) is 17.1 Å². The van der Waals surface area contributed by atoms with Gasteiger partial charge >= 0.3 is 5.97 Å². The van der Waals surface area contributed by atoms with Crippen molar-refractivity contribution in [2.45, 2.75) is 18.4 Å². The summed E-state index contributed by atoms with van der Waals surface area (Å²) in [7, 11) is 0. The van der Waals surface area contributed by atoms with Crippen molar-refractivity contribution in [3.05, 3.63) is 59.2 Å². The second-order valence-corrected chi connectivity index (χ2v) is 5.36. The SMILES string of the molecule is CSc1ccc(CNc2cccc(C(=O)O)c2C)cc1. The molecule has 104 valence electrons. The number of nitrogens with one attached hydrogen (secondary N) is 1. The van der Waals surface area contributed by atoms with E-state index in [0.29, 0.717) is 12.1 Å². The molecule has 0 aliphatic carbocycles. The molecular weight excluding hydrogens is 270 g/mol. The molecule has 3 nitrogen and oxygen atoms in total. The molecule has 0 bridgehead atoms. The summed E-state index contributed by atoms with van der Waals surface area (Å²) in [6.45, 7) is 2.50. The van der Waals surface area contributed by atoms with E-state index in [-0.39, 0.29) is 0 Å². The van der Waals surface area contributed by atoms with Crippen molar-refractivity contribution in [3.63, 3.8) is 0 Å². The van der Waals surface area contributed by atoms with Crippen LogP contribution in [-0.2, 0) is 6.54 Å². The molecule has 4 heteroatoms.